The molecule has 9 heavy (non-hydrogen) atoms. The number of aliphatic hydroxyl groups excluding tert-OH is 1. The molecule has 0 fully saturated rings. The first-order valence-electron chi connectivity index (χ1n) is 3.33. The van der Waals surface area contributed by atoms with Gasteiger partial charge in [-0.05, 0) is 19.4 Å². The van der Waals surface area contributed by atoms with E-state index < -0.39 is 0 Å². The van der Waals surface area contributed by atoms with Crippen LogP contribution in [-0.4, -0.2) is 17.9 Å². The molecule has 2 nitrogen and oxygen atoms in total. The summed E-state index contributed by atoms with van der Waals surface area (Å²) in [7, 11) is 0. The molecular weight excluding hydrogens is 114 g/mol. The third kappa shape index (κ3) is 5.53. The maximum absolute atomic E-state index is 9.02. The third-order valence-corrected chi connectivity index (χ3v) is 1.08. The van der Waals surface area contributed by atoms with Crippen molar-refractivity contribution in [1.29, 1.82) is 0 Å². The molecule has 0 saturated heterocycles. The Labute approximate surface area is 56.6 Å². The fourth-order valence-electron chi connectivity index (χ4n) is 0.613. The van der Waals surface area contributed by atoms with Crippen molar-refractivity contribution >= 4 is 0 Å². The van der Waals surface area contributed by atoms with Crippen molar-refractivity contribution in [1.82, 2.24) is 5.32 Å². The van der Waals surface area contributed by atoms with E-state index in [2.05, 4.69) is 11.9 Å². The summed E-state index contributed by atoms with van der Waals surface area (Å²) in [5.41, 5.74) is 0. The van der Waals surface area contributed by atoms with E-state index in [-0.39, 0.29) is 6.23 Å². The summed E-state index contributed by atoms with van der Waals surface area (Å²) < 4.78 is 0. The molecule has 2 N–H and O–H groups in total. The van der Waals surface area contributed by atoms with Gasteiger partial charge in [0.1, 0.15) is 6.23 Å². The molecule has 0 amide bonds. The fourth-order valence-corrected chi connectivity index (χ4v) is 0.613. The zero-order valence-corrected chi connectivity index (χ0v) is 5.93. The molecule has 0 aromatic heterocycles. The number of hydrogen-bond donors (Lipinski definition) is 2. The Hall–Kier alpha value is -0.340. The molecule has 0 radical (unpaired) electrons. The molecule has 2 heteroatoms. The first-order chi connectivity index (χ1) is 4.31. The summed E-state index contributed by atoms with van der Waals surface area (Å²) in [4.78, 5) is 0. The van der Waals surface area contributed by atoms with E-state index in [0.717, 1.165) is 19.4 Å². The highest BCUT2D eigenvalue weighted by molar-refractivity contribution is 4.67. The lowest BCUT2D eigenvalue weighted by atomic mass is 10.3. The molecule has 0 aromatic rings. The van der Waals surface area contributed by atoms with E-state index in [1.54, 1.807) is 6.08 Å². The molecule has 0 aromatic carbocycles. The molecule has 1 atom stereocenters. The van der Waals surface area contributed by atoms with Crippen LogP contribution < -0.4 is 5.32 Å². The fraction of sp³-hybridized carbons (Fsp3) is 0.714. The SMILES string of the molecule is C=CCCC(O)NCC. The van der Waals surface area contributed by atoms with Crippen molar-refractivity contribution in [3.8, 4) is 0 Å². The van der Waals surface area contributed by atoms with E-state index in [1.165, 1.54) is 0 Å². The maximum atomic E-state index is 9.02. The van der Waals surface area contributed by atoms with Gasteiger partial charge >= 0.3 is 0 Å². The van der Waals surface area contributed by atoms with Crippen LogP contribution in [0.5, 0.6) is 0 Å². The van der Waals surface area contributed by atoms with Gasteiger partial charge < -0.3 is 5.11 Å². The predicted molar refractivity (Wildman–Crippen MR) is 39.1 cm³/mol. The summed E-state index contributed by atoms with van der Waals surface area (Å²) in [5.74, 6) is 0. The van der Waals surface area contributed by atoms with E-state index in [4.69, 9.17) is 5.11 Å². The van der Waals surface area contributed by atoms with Gasteiger partial charge in [-0.2, -0.15) is 0 Å². The Bertz CT molecular complexity index is 73.3. The van der Waals surface area contributed by atoms with Gasteiger partial charge in [-0.3, -0.25) is 5.32 Å². The monoisotopic (exact) mass is 129 g/mol. The summed E-state index contributed by atoms with van der Waals surface area (Å²) in [5, 5.41) is 11.9. The van der Waals surface area contributed by atoms with Gasteiger partial charge in [0.15, 0.2) is 0 Å². The number of rotatable bonds is 5. The summed E-state index contributed by atoms with van der Waals surface area (Å²) in [6.45, 7) is 6.34. The number of nitrogens with one attached hydrogen (secondary N) is 1. The zero-order valence-electron chi connectivity index (χ0n) is 5.93. The number of aliphatic hydroxyl groups is 1. The predicted octanol–water partition coefficient (Wildman–Crippen LogP) is 0.881. The zero-order chi connectivity index (χ0) is 7.11. The minimum atomic E-state index is -0.354. The van der Waals surface area contributed by atoms with Crippen LogP contribution in [0.25, 0.3) is 0 Å². The third-order valence-electron chi connectivity index (χ3n) is 1.08. The first kappa shape index (κ1) is 8.66. The lowest BCUT2D eigenvalue weighted by Crippen LogP contribution is -2.27. The van der Waals surface area contributed by atoms with Gasteiger partial charge in [0.05, 0.1) is 0 Å². The first-order valence-corrected chi connectivity index (χ1v) is 3.33. The van der Waals surface area contributed by atoms with Crippen molar-refractivity contribution in [3.05, 3.63) is 12.7 Å². The van der Waals surface area contributed by atoms with E-state index in [9.17, 15) is 0 Å². The molecule has 54 valence electrons. The van der Waals surface area contributed by atoms with Gasteiger partial charge in [-0.15, -0.1) is 6.58 Å². The second kappa shape index (κ2) is 5.79. The second-order valence-corrected chi connectivity index (χ2v) is 1.94. The van der Waals surface area contributed by atoms with Crippen LogP contribution >= 0.6 is 0 Å². The van der Waals surface area contributed by atoms with Crippen LogP contribution in [-0.2, 0) is 0 Å². The standard InChI is InChI=1S/C7H15NO/c1-3-5-6-7(9)8-4-2/h3,7-9H,1,4-6H2,2H3. The van der Waals surface area contributed by atoms with Crippen LogP contribution in [0.2, 0.25) is 0 Å². The Morgan fingerprint density at radius 2 is 2.44 bits per heavy atom. The van der Waals surface area contributed by atoms with Crippen molar-refractivity contribution in [2.24, 2.45) is 0 Å². The largest absolute Gasteiger partial charge is 0.379 e. The highest BCUT2D eigenvalue weighted by atomic mass is 16.3. The molecule has 0 spiro atoms. The van der Waals surface area contributed by atoms with Crippen molar-refractivity contribution in [2.45, 2.75) is 26.0 Å². The van der Waals surface area contributed by atoms with E-state index in [0.29, 0.717) is 0 Å². The molecule has 0 bridgehead atoms. The van der Waals surface area contributed by atoms with Crippen molar-refractivity contribution in [2.75, 3.05) is 6.54 Å². The van der Waals surface area contributed by atoms with Crippen LogP contribution in [0.15, 0.2) is 12.7 Å². The average molecular weight is 129 g/mol. The molecule has 0 heterocycles. The van der Waals surface area contributed by atoms with Crippen molar-refractivity contribution < 1.29 is 5.11 Å². The Balaban J connectivity index is 3.04. The van der Waals surface area contributed by atoms with E-state index >= 15 is 0 Å². The molecule has 0 saturated carbocycles. The molecule has 0 aliphatic rings. The highest BCUT2D eigenvalue weighted by Gasteiger charge is 1.96. The number of allylic oxidation sites excluding steroid dienone is 1. The highest BCUT2D eigenvalue weighted by Crippen LogP contribution is 1.92. The molecule has 0 aliphatic heterocycles. The maximum Gasteiger partial charge on any atom is 0.105 e. The average Bonchev–Trinajstić information content (AvgIpc) is 1.85. The van der Waals surface area contributed by atoms with Crippen LogP contribution in [0, 0.1) is 0 Å². The molecule has 1 unspecified atom stereocenters. The van der Waals surface area contributed by atoms with E-state index in [1.807, 2.05) is 6.92 Å². The van der Waals surface area contributed by atoms with Gasteiger partial charge in [0.25, 0.3) is 0 Å². The molecule has 0 rings (SSSR count). The molecular formula is C7H15NO. The van der Waals surface area contributed by atoms with Crippen LogP contribution in [0.1, 0.15) is 19.8 Å². The normalized spacial score (nSPS) is 13.1. The Morgan fingerprint density at radius 3 is 2.89 bits per heavy atom. The van der Waals surface area contributed by atoms with Gasteiger partial charge in [-0.1, -0.05) is 13.0 Å². The lowest BCUT2D eigenvalue weighted by molar-refractivity contribution is 0.131. The lowest BCUT2D eigenvalue weighted by Gasteiger charge is -2.08. The Morgan fingerprint density at radius 1 is 1.78 bits per heavy atom. The van der Waals surface area contributed by atoms with Crippen molar-refractivity contribution in [3.63, 3.8) is 0 Å². The minimum Gasteiger partial charge on any atom is -0.379 e. The minimum absolute atomic E-state index is 0.354. The van der Waals surface area contributed by atoms with Gasteiger partial charge in [-0.25, -0.2) is 0 Å². The topological polar surface area (TPSA) is 32.3 Å². The summed E-state index contributed by atoms with van der Waals surface area (Å²) in [6.07, 6.45) is 3.08. The summed E-state index contributed by atoms with van der Waals surface area (Å²) in [6, 6.07) is 0. The van der Waals surface area contributed by atoms with Crippen LogP contribution in [0.4, 0.5) is 0 Å². The van der Waals surface area contributed by atoms with Crippen LogP contribution in [0.3, 0.4) is 0 Å². The van der Waals surface area contributed by atoms with Gasteiger partial charge in [0, 0.05) is 0 Å². The van der Waals surface area contributed by atoms with Gasteiger partial charge in [0.2, 0.25) is 0 Å². The smallest absolute Gasteiger partial charge is 0.105 e. The second-order valence-electron chi connectivity index (χ2n) is 1.94. The summed E-state index contributed by atoms with van der Waals surface area (Å²) >= 11 is 0. The number of hydrogen-bond acceptors (Lipinski definition) is 2. The molecule has 0 aliphatic carbocycles. The Kier molecular flexibility index (Phi) is 5.57. The quantitative estimate of drug-likeness (QED) is 0.426.